The summed E-state index contributed by atoms with van der Waals surface area (Å²) in [7, 11) is 0. The van der Waals surface area contributed by atoms with Crippen LogP contribution in [0.15, 0.2) is 11.6 Å². The van der Waals surface area contributed by atoms with Gasteiger partial charge in [-0.2, -0.15) is 0 Å². The van der Waals surface area contributed by atoms with Crippen LogP contribution in [0.1, 0.15) is 99.3 Å². The SMILES string of the molecule is C[C@@H]1CC[C@]2(OC1)O[C@H]1C[C@@H]3[C@H]4CC=C5C[C@@H](O[C@@H]6O[C@H](CO)[C@@H](O[C@@H]7O[C@@H](C)[C@H](O)[C@@H](O)[C@H]7O)[C@H](O)[C@H]6O[C@@H]6O[C@@H](C)[C@H](O)[C@@H](O)[C@H]6O)CC[C@]5(C)[C@H]4CC[C@]3(C)[C@H]1[C@@H]2C. The summed E-state index contributed by atoms with van der Waals surface area (Å²) < 4.78 is 50.1. The van der Waals surface area contributed by atoms with Crippen molar-refractivity contribution >= 4 is 0 Å². The van der Waals surface area contributed by atoms with Gasteiger partial charge in [-0.15, -0.1) is 0 Å². The molecule has 5 aliphatic heterocycles. The van der Waals surface area contributed by atoms with E-state index in [2.05, 4.69) is 33.8 Å². The van der Waals surface area contributed by atoms with Crippen LogP contribution in [0.4, 0.5) is 0 Å². The van der Waals surface area contributed by atoms with Crippen molar-refractivity contribution in [2.75, 3.05) is 13.2 Å². The highest BCUT2D eigenvalue weighted by atomic mass is 16.8. The molecule has 16 heteroatoms. The molecule has 348 valence electrons. The first-order chi connectivity index (χ1) is 28.9. The normalized spacial score (nSPS) is 58.4. The molecule has 0 aromatic rings. The topological polar surface area (TPSA) is 236 Å². The molecule has 5 saturated heterocycles. The van der Waals surface area contributed by atoms with Gasteiger partial charge in [-0.3, -0.25) is 0 Å². The molecule has 0 aromatic heterocycles. The monoisotopic (exact) mass is 868 g/mol. The minimum Gasteiger partial charge on any atom is -0.394 e. The highest BCUT2D eigenvalue weighted by Gasteiger charge is 2.69. The molecule has 0 radical (unpaired) electrons. The molecule has 16 nitrogen and oxygen atoms in total. The van der Waals surface area contributed by atoms with E-state index in [4.69, 9.17) is 37.9 Å². The van der Waals surface area contributed by atoms with E-state index in [0.717, 1.165) is 45.1 Å². The maximum atomic E-state index is 12.0. The second-order valence-corrected chi connectivity index (χ2v) is 21.1. The smallest absolute Gasteiger partial charge is 0.187 e. The van der Waals surface area contributed by atoms with Crippen LogP contribution in [0.2, 0.25) is 0 Å². The van der Waals surface area contributed by atoms with Crippen LogP contribution in [-0.2, 0) is 37.9 Å². The summed E-state index contributed by atoms with van der Waals surface area (Å²) in [6.07, 6.45) is -10.4. The van der Waals surface area contributed by atoms with Gasteiger partial charge in [0.25, 0.3) is 0 Å². The zero-order chi connectivity index (χ0) is 43.5. The number of ether oxygens (including phenoxy) is 8. The van der Waals surface area contributed by atoms with Crippen molar-refractivity contribution in [2.45, 2.75) is 209 Å². The molecule has 8 fully saturated rings. The standard InChI is InChI=1S/C45H72O16/c1-19-9-14-45(54-18-19)20(2)30-28(61-45)16-27-25-8-7-23-15-24(10-12-43(23,5)26(25)11-13-44(27,30)6)57-42-39(60-41-36(52)34(50)32(48)22(4)56-41)37(53)38(29(17-46)58-42)59-40-35(51)33(49)31(47)21(3)55-40/h7,19-22,24-42,46-53H,8-18H2,1-6H3/t19-,20+,21+,22+,24+,25+,26+,27-,28+,29-,30+,31+,32+,33-,34-,35-,36-,37+,38-,39-,40+,41+,42-,43+,44+,45+/m1/s1. The Morgan fingerprint density at radius 2 is 1.34 bits per heavy atom. The highest BCUT2D eigenvalue weighted by Crippen LogP contribution is 2.70. The second kappa shape index (κ2) is 16.8. The minimum atomic E-state index is -1.71. The Labute approximate surface area is 358 Å². The molecule has 5 heterocycles. The molecule has 9 aliphatic rings. The summed E-state index contributed by atoms with van der Waals surface area (Å²) >= 11 is 0. The van der Waals surface area contributed by atoms with Crippen molar-refractivity contribution < 1.29 is 78.7 Å². The maximum absolute atomic E-state index is 12.0. The summed E-state index contributed by atoms with van der Waals surface area (Å²) in [5.74, 6) is 2.64. The average Bonchev–Trinajstić information content (AvgIpc) is 3.69. The van der Waals surface area contributed by atoms with E-state index in [1.54, 1.807) is 0 Å². The Bertz CT molecular complexity index is 1590. The number of hydrogen-bond donors (Lipinski definition) is 8. The van der Waals surface area contributed by atoms with Crippen LogP contribution in [-0.4, -0.2) is 164 Å². The lowest BCUT2D eigenvalue weighted by Crippen LogP contribution is -2.66. The average molecular weight is 869 g/mol. The van der Waals surface area contributed by atoms with Crippen molar-refractivity contribution in [3.63, 3.8) is 0 Å². The van der Waals surface area contributed by atoms with Crippen molar-refractivity contribution in [1.29, 1.82) is 0 Å². The van der Waals surface area contributed by atoms with Gasteiger partial charge >= 0.3 is 0 Å². The zero-order valence-electron chi connectivity index (χ0n) is 36.5. The lowest BCUT2D eigenvalue weighted by atomic mass is 9.47. The Morgan fingerprint density at radius 3 is 1.97 bits per heavy atom. The molecule has 4 aliphatic carbocycles. The fraction of sp³-hybridized carbons (Fsp3) is 0.956. The van der Waals surface area contributed by atoms with Crippen LogP contribution in [0.5, 0.6) is 0 Å². The molecular formula is C45H72O16. The fourth-order valence-corrected chi connectivity index (χ4v) is 14.0. The number of hydrogen-bond acceptors (Lipinski definition) is 16. The predicted molar refractivity (Wildman–Crippen MR) is 213 cm³/mol. The summed E-state index contributed by atoms with van der Waals surface area (Å²) in [5.41, 5.74) is 1.53. The van der Waals surface area contributed by atoms with E-state index in [9.17, 15) is 40.9 Å². The molecule has 9 rings (SSSR count). The van der Waals surface area contributed by atoms with Gasteiger partial charge in [0.2, 0.25) is 0 Å². The highest BCUT2D eigenvalue weighted by molar-refractivity contribution is 5.26. The number of fused-ring (bicyclic) bond motifs is 7. The van der Waals surface area contributed by atoms with Crippen LogP contribution < -0.4 is 0 Å². The Hall–Kier alpha value is -0.900. The van der Waals surface area contributed by atoms with E-state index < -0.39 is 105 Å². The van der Waals surface area contributed by atoms with Gasteiger partial charge < -0.3 is 78.7 Å². The first-order valence-electron chi connectivity index (χ1n) is 23.2. The second-order valence-electron chi connectivity index (χ2n) is 21.1. The van der Waals surface area contributed by atoms with Gasteiger partial charge in [0.05, 0.1) is 37.6 Å². The molecule has 0 bridgehead atoms. The minimum absolute atomic E-state index is 0.0171. The number of aliphatic hydroxyl groups excluding tert-OH is 8. The number of allylic oxidation sites excluding steroid dienone is 1. The predicted octanol–water partition coefficient (Wildman–Crippen LogP) is 1.24. The summed E-state index contributed by atoms with van der Waals surface area (Å²) in [5, 5.41) is 85.9. The van der Waals surface area contributed by atoms with Gasteiger partial charge in [-0.1, -0.05) is 39.3 Å². The van der Waals surface area contributed by atoms with E-state index >= 15 is 0 Å². The van der Waals surface area contributed by atoms with Crippen molar-refractivity contribution in [3.8, 4) is 0 Å². The van der Waals surface area contributed by atoms with Crippen molar-refractivity contribution in [3.05, 3.63) is 11.6 Å². The van der Waals surface area contributed by atoms with E-state index in [0.29, 0.717) is 48.3 Å². The van der Waals surface area contributed by atoms with E-state index in [1.807, 2.05) is 0 Å². The van der Waals surface area contributed by atoms with Crippen LogP contribution >= 0.6 is 0 Å². The van der Waals surface area contributed by atoms with Gasteiger partial charge in [0.15, 0.2) is 24.7 Å². The lowest BCUT2D eigenvalue weighted by molar-refractivity contribution is -0.388. The molecule has 26 atom stereocenters. The fourth-order valence-electron chi connectivity index (χ4n) is 14.0. The van der Waals surface area contributed by atoms with Gasteiger partial charge in [-0.05, 0) is 106 Å². The molecule has 61 heavy (non-hydrogen) atoms. The van der Waals surface area contributed by atoms with Crippen LogP contribution in [0.3, 0.4) is 0 Å². The molecule has 3 saturated carbocycles. The lowest BCUT2D eigenvalue weighted by Gasteiger charge is -2.58. The number of rotatable bonds is 7. The van der Waals surface area contributed by atoms with E-state index in [1.165, 1.54) is 25.8 Å². The zero-order valence-corrected chi connectivity index (χ0v) is 36.5. The maximum Gasteiger partial charge on any atom is 0.187 e. The molecular weight excluding hydrogens is 796 g/mol. The van der Waals surface area contributed by atoms with Gasteiger partial charge in [-0.25, -0.2) is 0 Å². The summed E-state index contributed by atoms with van der Waals surface area (Å²) in [4.78, 5) is 0. The third-order valence-corrected chi connectivity index (χ3v) is 17.6. The summed E-state index contributed by atoms with van der Waals surface area (Å²) in [6, 6.07) is 0. The van der Waals surface area contributed by atoms with Crippen molar-refractivity contribution in [2.24, 2.45) is 46.3 Å². The quantitative estimate of drug-likeness (QED) is 0.168. The van der Waals surface area contributed by atoms with E-state index in [-0.39, 0.29) is 23.0 Å². The Kier molecular flexibility index (Phi) is 12.4. The van der Waals surface area contributed by atoms with Crippen LogP contribution in [0.25, 0.3) is 0 Å². The number of aliphatic hydroxyl groups is 8. The molecule has 1 spiro atoms. The summed E-state index contributed by atoms with van der Waals surface area (Å²) in [6.45, 7) is 12.7. The van der Waals surface area contributed by atoms with Gasteiger partial charge in [0, 0.05) is 12.3 Å². The van der Waals surface area contributed by atoms with Crippen LogP contribution in [0, 0.1) is 46.3 Å². The molecule has 0 unspecified atom stereocenters. The molecule has 0 aromatic carbocycles. The van der Waals surface area contributed by atoms with Gasteiger partial charge in [0.1, 0.15) is 61.0 Å². The molecule has 8 N–H and O–H groups in total. The van der Waals surface area contributed by atoms with Crippen molar-refractivity contribution in [1.82, 2.24) is 0 Å². The molecule has 0 amide bonds. The Morgan fingerprint density at radius 1 is 0.689 bits per heavy atom. The third-order valence-electron chi connectivity index (χ3n) is 17.6. The first-order valence-corrected chi connectivity index (χ1v) is 23.2. The largest absolute Gasteiger partial charge is 0.394 e. The third kappa shape index (κ3) is 7.42. The first kappa shape index (κ1) is 45.3. The Balaban J connectivity index is 0.916.